The van der Waals surface area contributed by atoms with Gasteiger partial charge in [-0.25, -0.2) is 0 Å². The van der Waals surface area contributed by atoms with Crippen molar-refractivity contribution in [2.45, 2.75) is 100 Å². The quantitative estimate of drug-likeness (QED) is 0.343. The number of benzene rings is 2. The van der Waals surface area contributed by atoms with E-state index in [2.05, 4.69) is 44.7 Å². The number of carbonyl (C=O) groups excluding carboxylic acids is 2. The molecule has 0 radical (unpaired) electrons. The maximum atomic E-state index is 12.7. The van der Waals surface area contributed by atoms with Crippen LogP contribution in [0, 0.1) is 0 Å². The fourth-order valence-electron chi connectivity index (χ4n) is 8.74. The van der Waals surface area contributed by atoms with Crippen molar-refractivity contribution in [2.75, 3.05) is 14.1 Å². The van der Waals surface area contributed by atoms with Crippen LogP contribution in [0.25, 0.3) is 21.8 Å². The summed E-state index contributed by atoms with van der Waals surface area (Å²) in [5.41, 5.74) is 3.09. The Morgan fingerprint density at radius 1 is 0.587 bits per heavy atom. The first-order chi connectivity index (χ1) is 22.3. The molecule has 4 aliphatic heterocycles. The first-order valence-corrected chi connectivity index (χ1v) is 17.2. The molecule has 4 aromatic rings. The highest BCUT2D eigenvalue weighted by Crippen LogP contribution is 2.34. The van der Waals surface area contributed by atoms with Gasteiger partial charge in [-0.2, -0.15) is 10.2 Å². The number of aromatic nitrogens is 4. The molecule has 4 saturated heterocycles. The third-order valence-corrected chi connectivity index (χ3v) is 11.3. The first-order valence-electron chi connectivity index (χ1n) is 17.2. The van der Waals surface area contributed by atoms with Crippen LogP contribution in [0.15, 0.2) is 48.5 Å². The normalized spacial score (nSPS) is 28.0. The Labute approximate surface area is 271 Å². The van der Waals surface area contributed by atoms with Gasteiger partial charge in [-0.1, -0.05) is 49.2 Å². The van der Waals surface area contributed by atoms with E-state index in [1.54, 1.807) is 9.36 Å². The molecule has 10 heteroatoms. The van der Waals surface area contributed by atoms with Crippen LogP contribution in [-0.2, 0) is 14.1 Å². The first kappa shape index (κ1) is 30.9. The molecule has 0 aliphatic carbocycles. The number of rotatable bonds is 4. The lowest BCUT2D eigenvalue weighted by Gasteiger charge is -2.47. The Hall–Kier alpha value is -3.76. The molecule has 8 rings (SSSR count). The van der Waals surface area contributed by atoms with Crippen LogP contribution in [0.5, 0.6) is 0 Å². The summed E-state index contributed by atoms with van der Waals surface area (Å²) >= 11 is 0. The number of para-hydroxylation sites is 2. The van der Waals surface area contributed by atoms with E-state index in [4.69, 9.17) is 0 Å². The number of aryl methyl sites for hydroxylation is 2. The summed E-state index contributed by atoms with van der Waals surface area (Å²) in [5.74, 6) is -0.0659. The van der Waals surface area contributed by atoms with E-state index in [1.165, 1.54) is 38.5 Å². The molecule has 2 aromatic carbocycles. The van der Waals surface area contributed by atoms with E-state index < -0.39 is 0 Å². The number of piperidine rings is 4. The van der Waals surface area contributed by atoms with Crippen molar-refractivity contribution in [1.82, 2.24) is 40.0 Å². The van der Waals surface area contributed by atoms with Crippen LogP contribution in [0.3, 0.4) is 0 Å². The zero-order valence-electron chi connectivity index (χ0n) is 27.7. The largest absolute Gasteiger partial charge is 0.348 e. The fraction of sp³-hybridized carbons (Fsp3) is 0.556. The van der Waals surface area contributed by atoms with E-state index in [-0.39, 0.29) is 23.9 Å². The molecule has 244 valence electrons. The highest BCUT2D eigenvalue weighted by Gasteiger charge is 2.38. The number of fused-ring (bicyclic) bond motifs is 6. The van der Waals surface area contributed by atoms with Gasteiger partial charge in [-0.3, -0.25) is 19.0 Å². The molecule has 2 aromatic heterocycles. The second-order valence-corrected chi connectivity index (χ2v) is 14.1. The van der Waals surface area contributed by atoms with Gasteiger partial charge >= 0.3 is 0 Å². The highest BCUT2D eigenvalue weighted by molar-refractivity contribution is 6.05. The Morgan fingerprint density at radius 3 is 1.30 bits per heavy atom. The summed E-state index contributed by atoms with van der Waals surface area (Å²) < 4.78 is 3.57. The predicted octanol–water partition coefficient (Wildman–Crippen LogP) is 4.64. The van der Waals surface area contributed by atoms with Crippen LogP contribution in [0.1, 0.15) is 85.2 Å². The van der Waals surface area contributed by atoms with Gasteiger partial charge in [0.1, 0.15) is 0 Å². The lowest BCUT2D eigenvalue weighted by Crippen LogP contribution is -2.55. The molecule has 4 aliphatic rings. The van der Waals surface area contributed by atoms with Crippen molar-refractivity contribution in [1.29, 1.82) is 0 Å². The molecule has 10 nitrogen and oxygen atoms in total. The molecule has 6 atom stereocenters. The summed E-state index contributed by atoms with van der Waals surface area (Å²) in [4.78, 5) is 30.5. The van der Waals surface area contributed by atoms with Crippen LogP contribution >= 0.6 is 0 Å². The maximum Gasteiger partial charge on any atom is 0.272 e. The van der Waals surface area contributed by atoms with Gasteiger partial charge in [0.25, 0.3) is 11.8 Å². The van der Waals surface area contributed by atoms with Gasteiger partial charge < -0.3 is 20.4 Å². The van der Waals surface area contributed by atoms with E-state index in [0.29, 0.717) is 35.6 Å². The Balaban J connectivity index is 0.000000147. The summed E-state index contributed by atoms with van der Waals surface area (Å²) in [6.07, 6.45) is 11.9. The number of nitrogens with zero attached hydrogens (tertiary/aromatic N) is 6. The number of amides is 2. The molecule has 2 amide bonds. The molecule has 46 heavy (non-hydrogen) atoms. The highest BCUT2D eigenvalue weighted by atomic mass is 16.2. The molecule has 4 fully saturated rings. The number of nitrogens with one attached hydrogen (secondary N) is 2. The van der Waals surface area contributed by atoms with E-state index in [0.717, 1.165) is 47.5 Å². The standard InChI is InChI=1S/2C18H24N4O/c2*1-21-13-6-5-7-14(21)11-12(10-13)19-18(23)17-15-8-3-4-9-16(15)22(2)20-17/h2*3-4,8-9,12-14H,5-7,10-11H2,1-2H3,(H,19,23)/t2*12-,13+,14-. The van der Waals surface area contributed by atoms with E-state index in [9.17, 15) is 9.59 Å². The minimum absolute atomic E-state index is 0.0329. The number of hydrogen-bond donors (Lipinski definition) is 2. The van der Waals surface area contributed by atoms with Gasteiger partial charge in [0.05, 0.1) is 11.0 Å². The van der Waals surface area contributed by atoms with Gasteiger partial charge in [-0.15, -0.1) is 0 Å². The maximum absolute atomic E-state index is 12.7. The van der Waals surface area contributed by atoms with E-state index in [1.807, 2.05) is 62.6 Å². The lowest BCUT2D eigenvalue weighted by atomic mass is 9.82. The van der Waals surface area contributed by atoms with Crippen molar-refractivity contribution in [3.63, 3.8) is 0 Å². The van der Waals surface area contributed by atoms with Crippen molar-refractivity contribution in [3.05, 3.63) is 59.9 Å². The third-order valence-electron chi connectivity index (χ3n) is 11.3. The second-order valence-electron chi connectivity index (χ2n) is 14.1. The Morgan fingerprint density at radius 2 is 0.935 bits per heavy atom. The Kier molecular flexibility index (Phi) is 8.59. The predicted molar refractivity (Wildman–Crippen MR) is 181 cm³/mol. The molecule has 0 saturated carbocycles. The summed E-state index contributed by atoms with van der Waals surface area (Å²) in [7, 11) is 8.25. The van der Waals surface area contributed by atoms with Crippen molar-refractivity contribution in [3.8, 4) is 0 Å². The second kappa shape index (κ2) is 12.8. The van der Waals surface area contributed by atoms with Crippen LogP contribution in [0.4, 0.5) is 0 Å². The summed E-state index contributed by atoms with van der Waals surface area (Å²) in [5, 5.41) is 17.2. The molecular weight excluding hydrogens is 576 g/mol. The van der Waals surface area contributed by atoms with Crippen molar-refractivity contribution < 1.29 is 9.59 Å². The zero-order chi connectivity index (χ0) is 31.9. The molecule has 6 heterocycles. The third kappa shape index (κ3) is 5.93. The number of hydrogen-bond acceptors (Lipinski definition) is 6. The SMILES string of the molecule is CN1[C@@H]2CCC[C@H]1C[C@@H](NC(=O)c1nn(C)c3ccccc13)C2.CN1[C@@H]2CCC[C@H]1C[C@@H](NC(=O)c1nn(C)c3ccccc13)C2. The average Bonchev–Trinajstić information content (AvgIpc) is 3.55. The van der Waals surface area contributed by atoms with Gasteiger partial charge in [0.2, 0.25) is 0 Å². The van der Waals surface area contributed by atoms with Crippen LogP contribution in [0.2, 0.25) is 0 Å². The molecular formula is C36H48N8O2. The number of carbonyl (C=O) groups is 2. The van der Waals surface area contributed by atoms with Crippen molar-refractivity contribution in [2.24, 2.45) is 14.1 Å². The fourth-order valence-corrected chi connectivity index (χ4v) is 8.74. The molecule has 0 unspecified atom stereocenters. The van der Waals surface area contributed by atoms with Gasteiger partial charge in [0, 0.05) is 61.1 Å². The van der Waals surface area contributed by atoms with Crippen LogP contribution < -0.4 is 10.6 Å². The minimum Gasteiger partial charge on any atom is -0.348 e. The van der Waals surface area contributed by atoms with E-state index >= 15 is 0 Å². The summed E-state index contributed by atoms with van der Waals surface area (Å²) in [6.45, 7) is 0. The van der Waals surface area contributed by atoms with Crippen LogP contribution in [-0.4, -0.2) is 91.5 Å². The van der Waals surface area contributed by atoms with Crippen molar-refractivity contribution >= 4 is 33.6 Å². The van der Waals surface area contributed by atoms with Gasteiger partial charge in [-0.05, 0) is 77.6 Å². The lowest BCUT2D eigenvalue weighted by molar-refractivity contribution is 0.0459. The molecule has 2 N–H and O–H groups in total. The smallest absolute Gasteiger partial charge is 0.272 e. The average molecular weight is 625 g/mol. The zero-order valence-corrected chi connectivity index (χ0v) is 27.7. The molecule has 4 bridgehead atoms. The Bertz CT molecular complexity index is 1570. The topological polar surface area (TPSA) is 100 Å². The monoisotopic (exact) mass is 624 g/mol. The summed E-state index contributed by atoms with van der Waals surface area (Å²) in [6, 6.07) is 18.8. The van der Waals surface area contributed by atoms with Gasteiger partial charge in [0.15, 0.2) is 11.4 Å². The molecule has 0 spiro atoms. The minimum atomic E-state index is -0.0329.